The number of hydrogen-bond donors (Lipinski definition) is 0. The van der Waals surface area contributed by atoms with E-state index in [0.29, 0.717) is 17.7 Å². The third-order valence-corrected chi connectivity index (χ3v) is 6.09. The molecule has 3 aliphatic rings. The molecule has 1 aromatic carbocycles. The minimum atomic E-state index is -0.998. The Balaban J connectivity index is 1.69. The van der Waals surface area contributed by atoms with Crippen molar-refractivity contribution >= 4 is 41.1 Å². The number of benzene rings is 1. The molecule has 3 saturated heterocycles. The zero-order valence-corrected chi connectivity index (χ0v) is 15.8. The van der Waals surface area contributed by atoms with Crippen LogP contribution in [0.4, 0.5) is 10.5 Å². The number of amides is 4. The van der Waals surface area contributed by atoms with Gasteiger partial charge >= 0.3 is 17.9 Å². The summed E-state index contributed by atoms with van der Waals surface area (Å²) in [5.41, 5.74) is 0.995. The third kappa shape index (κ3) is 2.24. The molecule has 1 unspecified atom stereocenters. The molecule has 2 bridgehead atoms. The number of fused-ring (bicyclic) bond motifs is 5. The van der Waals surface area contributed by atoms with E-state index in [0.717, 1.165) is 12.0 Å². The van der Waals surface area contributed by atoms with Crippen LogP contribution < -0.4 is 4.90 Å². The Hall–Kier alpha value is -3.12. The minimum absolute atomic E-state index is 0.176. The molecule has 1 aromatic rings. The molecule has 0 saturated carbocycles. The average molecular weight is 403 g/mol. The lowest BCUT2D eigenvalue weighted by molar-refractivity contribution is -0.160. The Labute approximate surface area is 165 Å². The summed E-state index contributed by atoms with van der Waals surface area (Å²) < 4.78 is 4.49. The number of likely N-dealkylation sites (tertiary alicyclic amines) is 1. The van der Waals surface area contributed by atoms with Crippen LogP contribution in [-0.4, -0.2) is 65.4 Å². The molecule has 4 rings (SSSR count). The van der Waals surface area contributed by atoms with Gasteiger partial charge in [0.05, 0.1) is 35.5 Å². The average Bonchev–Trinajstić information content (AvgIpc) is 3.35. The Morgan fingerprint density at radius 3 is 2.68 bits per heavy atom. The Bertz CT molecular complexity index is 987. The summed E-state index contributed by atoms with van der Waals surface area (Å²) in [6.07, 6.45) is 0.436. The van der Waals surface area contributed by atoms with Crippen molar-refractivity contribution in [2.75, 3.05) is 18.6 Å². The molecule has 3 heterocycles. The van der Waals surface area contributed by atoms with Crippen LogP contribution in [-0.2, 0) is 19.1 Å². The van der Waals surface area contributed by atoms with E-state index >= 15 is 0 Å². The van der Waals surface area contributed by atoms with Crippen molar-refractivity contribution in [3.8, 4) is 6.07 Å². The Morgan fingerprint density at radius 1 is 1.32 bits per heavy atom. The van der Waals surface area contributed by atoms with E-state index in [2.05, 4.69) is 4.74 Å². The largest absolute Gasteiger partial charge is 0.462 e. The number of carbonyl (C=O) groups excluding carboxylic acids is 4. The second-order valence-electron chi connectivity index (χ2n) is 6.90. The smallest absolute Gasteiger partial charge is 0.396 e. The highest BCUT2D eigenvalue weighted by Gasteiger charge is 2.63. The van der Waals surface area contributed by atoms with E-state index in [1.54, 1.807) is 6.92 Å². The number of rotatable bonds is 1. The maximum atomic E-state index is 13.1. The molecule has 0 aromatic heterocycles. The monoisotopic (exact) mass is 402 g/mol. The standard InChI is InChI=1S/C18H15ClN4O5/c1-8-11(4-3-9(6-20)13(8)19)23-15(24)14-12-5-10(22(14)18(23)27)7-21(12)16(25)17(26)28-2/h3-4,10,12,14H,5,7H2,1-2H3/t10-,12?,14-/m1/s1. The van der Waals surface area contributed by atoms with Crippen LogP contribution in [0.1, 0.15) is 17.5 Å². The molecule has 144 valence electrons. The predicted octanol–water partition coefficient (Wildman–Crippen LogP) is 0.813. The van der Waals surface area contributed by atoms with E-state index in [-0.39, 0.29) is 23.2 Å². The molecule has 0 N–H and O–H groups in total. The number of halogens is 1. The normalized spacial score (nSPS) is 25.2. The number of carbonyl (C=O) groups is 4. The van der Waals surface area contributed by atoms with Gasteiger partial charge in [-0.1, -0.05) is 11.6 Å². The maximum Gasteiger partial charge on any atom is 0.396 e. The fraction of sp³-hybridized carbons (Fsp3) is 0.389. The van der Waals surface area contributed by atoms with E-state index < -0.39 is 35.9 Å². The van der Waals surface area contributed by atoms with Crippen LogP contribution >= 0.6 is 11.6 Å². The summed E-state index contributed by atoms with van der Waals surface area (Å²) in [6.45, 7) is 1.80. The first kappa shape index (κ1) is 18.3. The summed E-state index contributed by atoms with van der Waals surface area (Å²) in [4.78, 5) is 53.8. The zero-order valence-electron chi connectivity index (χ0n) is 15.0. The van der Waals surface area contributed by atoms with Crippen molar-refractivity contribution in [3.63, 3.8) is 0 Å². The lowest BCUT2D eigenvalue weighted by Crippen LogP contribution is -2.56. The zero-order chi connectivity index (χ0) is 20.3. The summed E-state index contributed by atoms with van der Waals surface area (Å²) in [6, 6.07) is 2.65. The highest BCUT2D eigenvalue weighted by Crippen LogP contribution is 2.43. The summed E-state index contributed by atoms with van der Waals surface area (Å²) in [5.74, 6) is -2.29. The first-order valence-electron chi connectivity index (χ1n) is 8.56. The van der Waals surface area contributed by atoms with Crippen LogP contribution in [0.3, 0.4) is 0 Å². The van der Waals surface area contributed by atoms with Crippen molar-refractivity contribution in [2.45, 2.75) is 31.5 Å². The molecule has 28 heavy (non-hydrogen) atoms. The number of nitrogens with zero attached hydrogens (tertiary/aromatic N) is 4. The van der Waals surface area contributed by atoms with Gasteiger partial charge in [-0.05, 0) is 31.0 Å². The molecule has 3 fully saturated rings. The van der Waals surface area contributed by atoms with Gasteiger partial charge in [-0.2, -0.15) is 5.26 Å². The van der Waals surface area contributed by atoms with Crippen LogP contribution in [0.25, 0.3) is 0 Å². The van der Waals surface area contributed by atoms with Gasteiger partial charge in [0.25, 0.3) is 5.91 Å². The number of piperazine rings is 1. The molecular formula is C18H15ClN4O5. The number of esters is 1. The fourth-order valence-electron chi connectivity index (χ4n) is 4.32. The van der Waals surface area contributed by atoms with Crippen LogP contribution in [0.2, 0.25) is 5.02 Å². The van der Waals surface area contributed by atoms with Crippen molar-refractivity contribution in [2.24, 2.45) is 0 Å². The lowest BCUT2D eigenvalue weighted by atomic mass is 10.1. The lowest BCUT2D eigenvalue weighted by Gasteiger charge is -2.34. The molecule has 9 nitrogen and oxygen atoms in total. The topological polar surface area (TPSA) is 111 Å². The third-order valence-electron chi connectivity index (χ3n) is 5.60. The predicted molar refractivity (Wildman–Crippen MR) is 95.3 cm³/mol. The fourth-order valence-corrected chi connectivity index (χ4v) is 4.52. The van der Waals surface area contributed by atoms with Gasteiger partial charge in [0.15, 0.2) is 0 Å². The first-order valence-corrected chi connectivity index (χ1v) is 8.94. The van der Waals surface area contributed by atoms with Gasteiger partial charge in [0, 0.05) is 6.54 Å². The molecule has 0 aliphatic carbocycles. The van der Waals surface area contributed by atoms with Gasteiger partial charge in [-0.25, -0.2) is 14.5 Å². The maximum absolute atomic E-state index is 13.1. The van der Waals surface area contributed by atoms with E-state index in [1.165, 1.54) is 21.9 Å². The summed E-state index contributed by atoms with van der Waals surface area (Å²) in [5, 5.41) is 9.27. The second kappa shape index (κ2) is 6.21. The van der Waals surface area contributed by atoms with E-state index in [4.69, 9.17) is 16.9 Å². The highest BCUT2D eigenvalue weighted by molar-refractivity contribution is 6.34. The number of ether oxygens (including phenoxy) is 1. The first-order chi connectivity index (χ1) is 13.3. The number of nitriles is 1. The minimum Gasteiger partial charge on any atom is -0.462 e. The second-order valence-corrected chi connectivity index (χ2v) is 7.28. The van der Waals surface area contributed by atoms with Crippen LogP contribution in [0, 0.1) is 18.3 Å². The van der Waals surface area contributed by atoms with Gasteiger partial charge in [-0.15, -0.1) is 0 Å². The van der Waals surface area contributed by atoms with Gasteiger partial charge in [-0.3, -0.25) is 9.59 Å². The van der Waals surface area contributed by atoms with Gasteiger partial charge in [0.2, 0.25) is 0 Å². The van der Waals surface area contributed by atoms with E-state index in [9.17, 15) is 19.2 Å². The van der Waals surface area contributed by atoms with Gasteiger partial charge in [0.1, 0.15) is 12.1 Å². The van der Waals surface area contributed by atoms with Crippen molar-refractivity contribution in [3.05, 3.63) is 28.3 Å². The molecular weight excluding hydrogens is 388 g/mol. The molecule has 0 radical (unpaired) electrons. The molecule has 3 aliphatic heterocycles. The number of urea groups is 1. The summed E-state index contributed by atoms with van der Waals surface area (Å²) in [7, 11) is 1.12. The van der Waals surface area contributed by atoms with Crippen molar-refractivity contribution in [1.82, 2.24) is 9.80 Å². The Morgan fingerprint density at radius 2 is 2.04 bits per heavy atom. The van der Waals surface area contributed by atoms with Crippen molar-refractivity contribution < 1.29 is 23.9 Å². The number of imide groups is 1. The molecule has 3 atom stereocenters. The summed E-state index contributed by atoms with van der Waals surface area (Å²) >= 11 is 6.19. The molecule has 10 heteroatoms. The number of methoxy groups -OCH3 is 1. The van der Waals surface area contributed by atoms with Crippen LogP contribution in [0.5, 0.6) is 0 Å². The number of anilines is 1. The highest BCUT2D eigenvalue weighted by atomic mass is 35.5. The van der Waals surface area contributed by atoms with Crippen LogP contribution in [0.15, 0.2) is 12.1 Å². The Kier molecular flexibility index (Phi) is 4.05. The number of hydrogen-bond acceptors (Lipinski definition) is 6. The van der Waals surface area contributed by atoms with Gasteiger partial charge < -0.3 is 14.5 Å². The SMILES string of the molecule is COC(=O)C(=O)N1C[C@H]2CC1[C@@H]1C(=O)N(c3ccc(C#N)c(Cl)c3C)C(=O)N21. The molecule has 0 spiro atoms. The van der Waals surface area contributed by atoms with E-state index in [1.807, 2.05) is 6.07 Å². The quantitative estimate of drug-likeness (QED) is 0.390. The molecule has 4 amide bonds. The van der Waals surface area contributed by atoms with Crippen molar-refractivity contribution in [1.29, 1.82) is 5.26 Å².